The number of urea groups is 1. The number of carbonyl (C=O) groups excluding carboxylic acids is 5. The van der Waals surface area contributed by atoms with Gasteiger partial charge in [-0.3, -0.25) is 14.4 Å². The third kappa shape index (κ3) is 21.7. The lowest BCUT2D eigenvalue weighted by atomic mass is 10.0. The molecule has 4 amide bonds. The van der Waals surface area contributed by atoms with Crippen LogP contribution in [0.3, 0.4) is 0 Å². The van der Waals surface area contributed by atoms with Crippen molar-refractivity contribution in [3.63, 3.8) is 0 Å². The number of amides is 4. The zero-order chi connectivity index (χ0) is 38.9. The zero-order valence-corrected chi connectivity index (χ0v) is 33.2. The van der Waals surface area contributed by atoms with Gasteiger partial charge in [0.1, 0.15) is 11.6 Å². The van der Waals surface area contributed by atoms with E-state index in [2.05, 4.69) is 26.1 Å². The number of fused-ring (bicyclic) bond motifs is 1. The summed E-state index contributed by atoms with van der Waals surface area (Å²) in [6.07, 6.45) is 7.05. The van der Waals surface area contributed by atoms with Crippen LogP contribution in [0, 0.1) is 0 Å². The highest BCUT2D eigenvalue weighted by Gasteiger charge is 2.42. The molecule has 0 spiro atoms. The number of unbranched alkanes of at least 4 members (excludes halogenated alkanes) is 3. The van der Waals surface area contributed by atoms with Crippen molar-refractivity contribution in [1.29, 1.82) is 0 Å². The normalized spacial score (nSPS) is 18.9. The zero-order valence-electron chi connectivity index (χ0n) is 31.6. The minimum atomic E-state index is -1.09. The standard InChI is InChI=1S/C35H61N7O9S2/c1-35(2,3)51-33(46)27(12-11-25(43)23-39-37)40-32(45)26(36)9-6-7-14-38-30(44)13-15-48-16-17-49-18-19-50-20-22-52-21-8-4-5-10-29-31-28(24-53-29)41-34(47)42-31/h23,26-29,31H,4-22,24,36H2,1-3H3,(H,38,44)(H,40,45)(H2,41,42,47)/t26?,27-,28-,29-,31-/m0/s1. The van der Waals surface area contributed by atoms with Crippen LogP contribution >= 0.6 is 23.5 Å². The number of thioether (sulfide) groups is 2. The number of hydrogen-bond acceptors (Lipinski definition) is 12. The molecule has 2 fully saturated rings. The fraction of sp³-hybridized carbons (Fsp3) is 0.829. The number of ether oxygens (including phenoxy) is 4. The fourth-order valence-corrected chi connectivity index (χ4v) is 7.94. The summed E-state index contributed by atoms with van der Waals surface area (Å²) >= 11 is 3.88. The number of nitrogens with one attached hydrogen (secondary N) is 4. The van der Waals surface area contributed by atoms with E-state index in [1.807, 2.05) is 23.5 Å². The van der Waals surface area contributed by atoms with Crippen molar-refractivity contribution in [3.8, 4) is 0 Å². The Hall–Kier alpha value is -2.73. The van der Waals surface area contributed by atoms with Gasteiger partial charge < -0.3 is 51.5 Å². The molecule has 0 bridgehead atoms. The molecule has 2 heterocycles. The van der Waals surface area contributed by atoms with Crippen molar-refractivity contribution < 1.29 is 47.7 Å². The van der Waals surface area contributed by atoms with Crippen LogP contribution in [0.25, 0.3) is 5.53 Å². The molecule has 0 aromatic heterocycles. The van der Waals surface area contributed by atoms with Crippen molar-refractivity contribution in [2.45, 2.75) is 120 Å². The molecule has 53 heavy (non-hydrogen) atoms. The van der Waals surface area contributed by atoms with Gasteiger partial charge in [-0.25, -0.2) is 9.59 Å². The molecule has 6 N–H and O–H groups in total. The Morgan fingerprint density at radius 2 is 1.68 bits per heavy atom. The Morgan fingerprint density at radius 1 is 0.962 bits per heavy atom. The first-order valence-electron chi connectivity index (χ1n) is 18.6. The van der Waals surface area contributed by atoms with Crippen LogP contribution in [0.15, 0.2) is 0 Å². The maximum absolute atomic E-state index is 12.6. The number of nitrogens with two attached hydrogens (primary N) is 1. The first kappa shape index (κ1) is 46.4. The second-order valence-electron chi connectivity index (χ2n) is 14.0. The smallest absolute Gasteiger partial charge is 0.329 e. The van der Waals surface area contributed by atoms with Crippen LogP contribution in [0.4, 0.5) is 4.79 Å². The van der Waals surface area contributed by atoms with E-state index >= 15 is 0 Å². The maximum atomic E-state index is 12.6. The predicted molar refractivity (Wildman–Crippen MR) is 205 cm³/mol. The van der Waals surface area contributed by atoms with Gasteiger partial charge in [0.25, 0.3) is 0 Å². The number of ketones is 1. The van der Waals surface area contributed by atoms with Crippen LogP contribution in [0.2, 0.25) is 0 Å². The van der Waals surface area contributed by atoms with Crippen molar-refractivity contribution in [3.05, 3.63) is 5.53 Å². The average Bonchev–Trinajstić information content (AvgIpc) is 3.65. The Bertz CT molecular complexity index is 1190. The molecule has 0 aliphatic carbocycles. The van der Waals surface area contributed by atoms with E-state index in [-0.39, 0.29) is 37.8 Å². The summed E-state index contributed by atoms with van der Waals surface area (Å²) in [7, 11) is 0. The molecule has 0 aromatic carbocycles. The Morgan fingerprint density at radius 3 is 2.40 bits per heavy atom. The number of Topliss-reactive ketones (excluding diaryl/α,β-unsaturated/α-hetero) is 1. The van der Waals surface area contributed by atoms with Gasteiger partial charge in [0.2, 0.25) is 17.6 Å². The molecule has 2 aliphatic heterocycles. The summed E-state index contributed by atoms with van der Waals surface area (Å²) in [5, 5.41) is 12.0. The first-order valence-corrected chi connectivity index (χ1v) is 20.9. The summed E-state index contributed by atoms with van der Waals surface area (Å²) in [5.41, 5.74) is 13.7. The minimum absolute atomic E-state index is 0.0191. The molecule has 0 aromatic rings. The van der Waals surface area contributed by atoms with E-state index in [1.165, 1.54) is 19.3 Å². The average molecular weight is 788 g/mol. The predicted octanol–water partition coefficient (Wildman–Crippen LogP) is 1.98. The Kier molecular flexibility index (Phi) is 23.6. The van der Waals surface area contributed by atoms with Crippen molar-refractivity contribution in [2.75, 3.05) is 63.4 Å². The molecule has 0 radical (unpaired) electrons. The molecule has 302 valence electrons. The first-order chi connectivity index (χ1) is 25.4. The molecule has 2 rings (SSSR count). The van der Waals surface area contributed by atoms with Gasteiger partial charge in [-0.2, -0.15) is 28.3 Å². The summed E-state index contributed by atoms with van der Waals surface area (Å²) < 4.78 is 22.0. The van der Waals surface area contributed by atoms with E-state index in [0.717, 1.165) is 29.9 Å². The number of carbonyl (C=O) groups is 5. The highest BCUT2D eigenvalue weighted by Crippen LogP contribution is 2.33. The second-order valence-corrected chi connectivity index (χ2v) is 16.5. The third-order valence-corrected chi connectivity index (χ3v) is 10.8. The molecule has 2 aliphatic rings. The second kappa shape index (κ2) is 26.9. The van der Waals surface area contributed by atoms with Crippen molar-refractivity contribution in [1.82, 2.24) is 21.3 Å². The molecule has 5 atom stereocenters. The molecule has 1 unspecified atom stereocenters. The quantitative estimate of drug-likeness (QED) is 0.0176. The van der Waals surface area contributed by atoms with Crippen LogP contribution in [0.5, 0.6) is 0 Å². The highest BCUT2D eigenvalue weighted by molar-refractivity contribution is 8.00. The van der Waals surface area contributed by atoms with Gasteiger partial charge in [-0.15, -0.1) is 0 Å². The Balaban J connectivity index is 1.36. The van der Waals surface area contributed by atoms with E-state index in [1.54, 1.807) is 20.8 Å². The lowest BCUT2D eigenvalue weighted by Gasteiger charge is -2.25. The van der Waals surface area contributed by atoms with Crippen LogP contribution in [-0.4, -0.2) is 139 Å². The monoisotopic (exact) mass is 787 g/mol. The molecular weight excluding hydrogens is 727 g/mol. The van der Waals surface area contributed by atoms with E-state index in [9.17, 15) is 24.0 Å². The van der Waals surface area contributed by atoms with Crippen molar-refractivity contribution in [2.24, 2.45) is 5.73 Å². The minimum Gasteiger partial charge on any atom is -0.458 e. The van der Waals surface area contributed by atoms with E-state index in [0.29, 0.717) is 76.2 Å². The highest BCUT2D eigenvalue weighted by atomic mass is 32.2. The SMILES string of the molecule is CC(C)(C)OC(=O)[C@H](CCC(=O)C=[N+]=[N-])NC(=O)C(N)CCCCNC(=O)CCOCCOCCOCCSCCCCC[C@@H]1SC[C@@H]2NC(=O)N[C@@H]21. The number of nitrogens with zero attached hydrogens (tertiary/aromatic N) is 2. The van der Waals surface area contributed by atoms with Gasteiger partial charge in [-0.1, -0.05) is 12.8 Å². The molecule has 2 saturated heterocycles. The molecule has 16 nitrogen and oxygen atoms in total. The van der Waals surface area contributed by atoms with Gasteiger partial charge in [0, 0.05) is 36.1 Å². The van der Waals surface area contributed by atoms with Gasteiger partial charge in [-0.05, 0) is 65.0 Å². The topological polar surface area (TPSA) is 233 Å². The lowest BCUT2D eigenvalue weighted by Crippen LogP contribution is -2.50. The summed E-state index contributed by atoms with van der Waals surface area (Å²) in [6, 6.07) is -1.40. The van der Waals surface area contributed by atoms with Gasteiger partial charge in [0.15, 0.2) is 0 Å². The number of hydrogen-bond donors (Lipinski definition) is 5. The molecular formula is C35H61N7O9S2. The maximum Gasteiger partial charge on any atom is 0.329 e. The summed E-state index contributed by atoms with van der Waals surface area (Å²) in [4.78, 5) is 63.2. The Labute approximate surface area is 322 Å². The number of esters is 1. The van der Waals surface area contributed by atoms with E-state index in [4.69, 9.17) is 30.2 Å². The van der Waals surface area contributed by atoms with Gasteiger partial charge in [0.05, 0.1) is 57.8 Å². The number of rotatable bonds is 30. The summed E-state index contributed by atoms with van der Waals surface area (Å²) in [5.74, 6) is 1.22. The molecule has 0 saturated carbocycles. The van der Waals surface area contributed by atoms with Crippen LogP contribution in [0.1, 0.15) is 85.0 Å². The van der Waals surface area contributed by atoms with Crippen LogP contribution in [-0.2, 0) is 38.1 Å². The van der Waals surface area contributed by atoms with Crippen LogP contribution < -0.4 is 27.0 Å². The summed E-state index contributed by atoms with van der Waals surface area (Å²) in [6.45, 7) is 8.29. The van der Waals surface area contributed by atoms with E-state index < -0.39 is 35.3 Å². The van der Waals surface area contributed by atoms with Gasteiger partial charge >= 0.3 is 18.2 Å². The fourth-order valence-electron chi connectivity index (χ4n) is 5.55. The largest absolute Gasteiger partial charge is 0.458 e. The third-order valence-electron chi connectivity index (χ3n) is 8.29. The molecule has 18 heteroatoms. The lowest BCUT2D eigenvalue weighted by molar-refractivity contribution is -0.159. The van der Waals surface area contributed by atoms with Crippen molar-refractivity contribution >= 4 is 59.3 Å².